The molecule has 0 aliphatic carbocycles. The van der Waals surface area contributed by atoms with Crippen LogP contribution in [-0.4, -0.2) is 15.9 Å². The SMILES string of the molecule is Cc1cccc(-c2cc(Nc3ccc(C(=O)Nc4ccccc4)cc3)ncn2)c1. The van der Waals surface area contributed by atoms with E-state index in [-0.39, 0.29) is 5.91 Å². The fourth-order valence-corrected chi connectivity index (χ4v) is 2.97. The molecule has 0 aliphatic heterocycles. The predicted molar refractivity (Wildman–Crippen MR) is 116 cm³/mol. The first-order valence-corrected chi connectivity index (χ1v) is 9.30. The predicted octanol–water partition coefficient (Wildman–Crippen LogP) is 5.45. The van der Waals surface area contributed by atoms with E-state index in [2.05, 4.69) is 39.7 Å². The van der Waals surface area contributed by atoms with E-state index < -0.39 is 0 Å². The molecule has 29 heavy (non-hydrogen) atoms. The summed E-state index contributed by atoms with van der Waals surface area (Å²) >= 11 is 0. The third-order valence-electron chi connectivity index (χ3n) is 4.43. The molecule has 3 aromatic carbocycles. The topological polar surface area (TPSA) is 66.9 Å². The minimum atomic E-state index is -0.147. The highest BCUT2D eigenvalue weighted by molar-refractivity contribution is 6.04. The van der Waals surface area contributed by atoms with Crippen LogP contribution in [0.5, 0.6) is 0 Å². The van der Waals surface area contributed by atoms with Gasteiger partial charge in [-0.25, -0.2) is 9.97 Å². The lowest BCUT2D eigenvalue weighted by Crippen LogP contribution is -2.11. The Labute approximate surface area is 169 Å². The van der Waals surface area contributed by atoms with Crippen LogP contribution >= 0.6 is 0 Å². The first-order valence-electron chi connectivity index (χ1n) is 9.30. The summed E-state index contributed by atoms with van der Waals surface area (Å²) in [5, 5.41) is 6.14. The zero-order valence-electron chi connectivity index (χ0n) is 16.0. The maximum atomic E-state index is 12.4. The summed E-state index contributed by atoms with van der Waals surface area (Å²) in [6.07, 6.45) is 1.54. The number of para-hydroxylation sites is 1. The van der Waals surface area contributed by atoms with Crippen molar-refractivity contribution in [3.05, 3.63) is 102 Å². The van der Waals surface area contributed by atoms with Gasteiger partial charge in [0.25, 0.3) is 5.91 Å². The smallest absolute Gasteiger partial charge is 0.255 e. The Hall–Kier alpha value is -3.99. The van der Waals surface area contributed by atoms with Crippen LogP contribution in [0.2, 0.25) is 0 Å². The Morgan fingerprint density at radius 3 is 2.34 bits per heavy atom. The van der Waals surface area contributed by atoms with E-state index >= 15 is 0 Å². The number of benzene rings is 3. The Morgan fingerprint density at radius 1 is 0.793 bits per heavy atom. The van der Waals surface area contributed by atoms with Crippen LogP contribution in [0.1, 0.15) is 15.9 Å². The number of hydrogen-bond acceptors (Lipinski definition) is 4. The zero-order valence-corrected chi connectivity index (χ0v) is 16.0. The molecule has 4 rings (SSSR count). The Kier molecular flexibility index (Phi) is 5.29. The lowest BCUT2D eigenvalue weighted by Gasteiger charge is -2.09. The van der Waals surface area contributed by atoms with Crippen molar-refractivity contribution >= 4 is 23.1 Å². The van der Waals surface area contributed by atoms with E-state index in [0.29, 0.717) is 11.4 Å². The van der Waals surface area contributed by atoms with Crippen LogP contribution in [0.25, 0.3) is 11.3 Å². The average molecular weight is 380 g/mol. The second-order valence-corrected chi connectivity index (χ2v) is 6.68. The molecule has 0 saturated heterocycles. The molecule has 4 aromatic rings. The van der Waals surface area contributed by atoms with Crippen molar-refractivity contribution < 1.29 is 4.79 Å². The van der Waals surface area contributed by atoms with Gasteiger partial charge in [-0.15, -0.1) is 0 Å². The molecule has 0 radical (unpaired) electrons. The third kappa shape index (κ3) is 4.65. The molecule has 0 aliphatic rings. The van der Waals surface area contributed by atoms with E-state index in [9.17, 15) is 4.79 Å². The van der Waals surface area contributed by atoms with Crippen LogP contribution in [0.15, 0.2) is 91.3 Å². The largest absolute Gasteiger partial charge is 0.340 e. The van der Waals surface area contributed by atoms with Crippen LogP contribution < -0.4 is 10.6 Å². The summed E-state index contributed by atoms with van der Waals surface area (Å²) in [4.78, 5) is 21.0. The summed E-state index contributed by atoms with van der Waals surface area (Å²) in [5.74, 6) is 0.546. The quantitative estimate of drug-likeness (QED) is 0.483. The molecule has 0 atom stereocenters. The summed E-state index contributed by atoms with van der Waals surface area (Å²) in [7, 11) is 0. The van der Waals surface area contributed by atoms with Crippen LogP contribution in [-0.2, 0) is 0 Å². The molecular weight excluding hydrogens is 360 g/mol. The van der Waals surface area contributed by atoms with E-state index in [0.717, 1.165) is 22.6 Å². The Bertz CT molecular complexity index is 1120. The summed E-state index contributed by atoms with van der Waals surface area (Å²) < 4.78 is 0. The fraction of sp³-hybridized carbons (Fsp3) is 0.0417. The molecule has 1 heterocycles. The second-order valence-electron chi connectivity index (χ2n) is 6.68. The molecule has 0 bridgehead atoms. The van der Waals surface area contributed by atoms with Crippen molar-refractivity contribution in [2.75, 3.05) is 10.6 Å². The van der Waals surface area contributed by atoms with Gasteiger partial charge in [0, 0.05) is 28.6 Å². The van der Waals surface area contributed by atoms with Crippen molar-refractivity contribution in [1.82, 2.24) is 9.97 Å². The number of nitrogens with zero attached hydrogens (tertiary/aromatic N) is 2. The number of hydrogen-bond donors (Lipinski definition) is 2. The van der Waals surface area contributed by atoms with Gasteiger partial charge < -0.3 is 10.6 Å². The summed E-state index contributed by atoms with van der Waals surface area (Å²) in [5.41, 5.74) is 5.27. The first-order chi connectivity index (χ1) is 14.2. The number of amides is 1. The maximum absolute atomic E-state index is 12.4. The number of aryl methyl sites for hydroxylation is 1. The van der Waals surface area contributed by atoms with Gasteiger partial charge in [0.15, 0.2) is 0 Å². The van der Waals surface area contributed by atoms with Gasteiger partial charge in [-0.2, -0.15) is 0 Å². The van der Waals surface area contributed by atoms with Gasteiger partial charge in [-0.05, 0) is 49.4 Å². The third-order valence-corrected chi connectivity index (χ3v) is 4.43. The monoisotopic (exact) mass is 380 g/mol. The van der Waals surface area contributed by atoms with Gasteiger partial charge in [0.05, 0.1) is 5.69 Å². The minimum absolute atomic E-state index is 0.147. The lowest BCUT2D eigenvalue weighted by atomic mass is 10.1. The van der Waals surface area contributed by atoms with Gasteiger partial charge in [-0.3, -0.25) is 4.79 Å². The molecule has 0 unspecified atom stereocenters. The number of aromatic nitrogens is 2. The number of rotatable bonds is 5. The highest BCUT2D eigenvalue weighted by Crippen LogP contribution is 2.22. The van der Waals surface area contributed by atoms with Gasteiger partial charge in [0.2, 0.25) is 0 Å². The Morgan fingerprint density at radius 2 is 1.59 bits per heavy atom. The van der Waals surface area contributed by atoms with Crippen LogP contribution in [0.3, 0.4) is 0 Å². The molecule has 1 aromatic heterocycles. The van der Waals surface area contributed by atoms with Crippen molar-refractivity contribution in [3.63, 3.8) is 0 Å². The summed E-state index contributed by atoms with van der Waals surface area (Å²) in [6.45, 7) is 2.05. The number of carbonyl (C=O) groups excluding carboxylic acids is 1. The van der Waals surface area contributed by atoms with Crippen LogP contribution in [0, 0.1) is 6.92 Å². The summed E-state index contributed by atoms with van der Waals surface area (Å²) in [6, 6.07) is 26.8. The van der Waals surface area contributed by atoms with Gasteiger partial charge >= 0.3 is 0 Å². The number of carbonyl (C=O) groups is 1. The lowest BCUT2D eigenvalue weighted by molar-refractivity contribution is 0.102. The highest BCUT2D eigenvalue weighted by atomic mass is 16.1. The number of nitrogens with one attached hydrogen (secondary N) is 2. The molecule has 2 N–H and O–H groups in total. The molecule has 1 amide bonds. The maximum Gasteiger partial charge on any atom is 0.255 e. The average Bonchev–Trinajstić information content (AvgIpc) is 2.75. The molecule has 142 valence electrons. The van der Waals surface area contributed by atoms with E-state index in [1.165, 1.54) is 5.56 Å². The normalized spacial score (nSPS) is 10.4. The first kappa shape index (κ1) is 18.4. The molecule has 0 saturated carbocycles. The van der Waals surface area contributed by atoms with Crippen molar-refractivity contribution in [2.24, 2.45) is 0 Å². The van der Waals surface area contributed by atoms with Gasteiger partial charge in [-0.1, -0.05) is 42.0 Å². The van der Waals surface area contributed by atoms with Crippen molar-refractivity contribution in [3.8, 4) is 11.3 Å². The molecule has 5 heteroatoms. The van der Waals surface area contributed by atoms with E-state index in [1.807, 2.05) is 60.7 Å². The molecule has 0 fully saturated rings. The van der Waals surface area contributed by atoms with Crippen molar-refractivity contribution in [2.45, 2.75) is 6.92 Å². The highest BCUT2D eigenvalue weighted by Gasteiger charge is 2.07. The minimum Gasteiger partial charge on any atom is -0.340 e. The second kappa shape index (κ2) is 8.35. The zero-order chi connectivity index (χ0) is 20.1. The Balaban J connectivity index is 1.46. The fourth-order valence-electron chi connectivity index (χ4n) is 2.97. The van der Waals surface area contributed by atoms with Gasteiger partial charge in [0.1, 0.15) is 12.1 Å². The van der Waals surface area contributed by atoms with Crippen molar-refractivity contribution in [1.29, 1.82) is 0 Å². The molecule has 0 spiro atoms. The van der Waals surface area contributed by atoms with E-state index in [1.54, 1.807) is 18.5 Å². The number of anilines is 3. The molecular formula is C24H20N4O. The van der Waals surface area contributed by atoms with E-state index in [4.69, 9.17) is 0 Å². The van der Waals surface area contributed by atoms with Crippen LogP contribution in [0.4, 0.5) is 17.2 Å². The standard InChI is InChI=1S/C24H20N4O/c1-17-6-5-7-19(14-17)22-15-23(26-16-25-22)27-21-12-10-18(11-13-21)24(29)28-20-8-3-2-4-9-20/h2-16H,1H3,(H,28,29)(H,25,26,27). The molecule has 5 nitrogen and oxygen atoms in total.